The first kappa shape index (κ1) is 13.8. The highest BCUT2D eigenvalue weighted by molar-refractivity contribution is 6.30. The van der Waals surface area contributed by atoms with Crippen molar-refractivity contribution in [3.63, 3.8) is 0 Å². The Bertz CT molecular complexity index is 609. The summed E-state index contributed by atoms with van der Waals surface area (Å²) in [5.74, 6) is -0.865. The van der Waals surface area contributed by atoms with E-state index in [1.165, 1.54) is 0 Å². The minimum absolute atomic E-state index is 0.413. The molecular formula is C14H18N4O3. The lowest BCUT2D eigenvalue weighted by atomic mass is 9.71. The molecule has 1 spiro atoms. The van der Waals surface area contributed by atoms with Gasteiger partial charge in [0.15, 0.2) is 0 Å². The predicted molar refractivity (Wildman–Crippen MR) is 74.6 cm³/mol. The van der Waals surface area contributed by atoms with E-state index in [1.807, 2.05) is 0 Å². The van der Waals surface area contributed by atoms with E-state index in [9.17, 15) is 14.4 Å². The van der Waals surface area contributed by atoms with Crippen molar-refractivity contribution in [2.45, 2.75) is 46.0 Å². The number of anilines is 1. The first-order valence-corrected chi connectivity index (χ1v) is 7.19. The number of rotatable bonds is 1. The molecule has 3 rings (SSSR count). The summed E-state index contributed by atoms with van der Waals surface area (Å²) < 4.78 is 0. The van der Waals surface area contributed by atoms with Crippen molar-refractivity contribution in [3.8, 4) is 0 Å². The summed E-state index contributed by atoms with van der Waals surface area (Å²) in [5, 5.41) is 9.15. The Morgan fingerprint density at radius 3 is 2.33 bits per heavy atom. The van der Waals surface area contributed by atoms with Gasteiger partial charge in [-0.05, 0) is 26.7 Å². The van der Waals surface area contributed by atoms with Crippen molar-refractivity contribution >= 4 is 23.5 Å². The second-order valence-corrected chi connectivity index (χ2v) is 5.83. The Hall–Kier alpha value is -2.18. The summed E-state index contributed by atoms with van der Waals surface area (Å²) in [6.07, 6.45) is 3.66. The van der Waals surface area contributed by atoms with Gasteiger partial charge in [-0.1, -0.05) is 19.3 Å². The van der Waals surface area contributed by atoms with Gasteiger partial charge in [0.2, 0.25) is 5.91 Å². The largest absolute Gasteiger partial charge is 0.335 e. The number of amides is 4. The molecule has 2 N–H and O–H groups in total. The highest BCUT2D eigenvalue weighted by Crippen LogP contribution is 2.42. The number of urea groups is 1. The molecule has 1 saturated carbocycles. The summed E-state index contributed by atoms with van der Waals surface area (Å²) in [6.45, 7) is 3.48. The summed E-state index contributed by atoms with van der Waals surface area (Å²) in [5.41, 5.74) is 0.560. The molecule has 1 aliphatic heterocycles. The van der Waals surface area contributed by atoms with Crippen molar-refractivity contribution in [1.29, 1.82) is 0 Å². The zero-order valence-corrected chi connectivity index (χ0v) is 12.2. The van der Waals surface area contributed by atoms with Crippen LogP contribution in [0.25, 0.3) is 0 Å². The summed E-state index contributed by atoms with van der Waals surface area (Å²) in [4.78, 5) is 38.5. The molecule has 112 valence electrons. The zero-order chi connectivity index (χ0) is 15.2. The highest BCUT2D eigenvalue weighted by atomic mass is 16.2. The second kappa shape index (κ2) is 4.68. The smallest absolute Gasteiger partial charge is 0.280 e. The molecule has 0 bridgehead atoms. The van der Waals surface area contributed by atoms with Crippen LogP contribution in [0.5, 0.6) is 0 Å². The fourth-order valence-electron chi connectivity index (χ4n) is 3.35. The maximum Gasteiger partial charge on any atom is 0.335 e. The lowest BCUT2D eigenvalue weighted by Gasteiger charge is -2.41. The third-order valence-corrected chi connectivity index (χ3v) is 4.49. The van der Waals surface area contributed by atoms with Gasteiger partial charge in [-0.25, -0.2) is 9.69 Å². The third-order valence-electron chi connectivity index (χ3n) is 4.49. The van der Waals surface area contributed by atoms with Crippen LogP contribution in [-0.4, -0.2) is 28.0 Å². The van der Waals surface area contributed by atoms with Crippen LogP contribution in [0.3, 0.4) is 0 Å². The molecule has 21 heavy (non-hydrogen) atoms. The number of carbonyl (C=O) groups is 3. The molecule has 0 aromatic carbocycles. The van der Waals surface area contributed by atoms with Crippen LogP contribution in [0.15, 0.2) is 0 Å². The van der Waals surface area contributed by atoms with Crippen LogP contribution in [0.4, 0.5) is 10.5 Å². The second-order valence-electron chi connectivity index (χ2n) is 5.83. The number of nitrogens with one attached hydrogen (secondary N) is 2. The number of H-pyrrole nitrogens is 1. The molecule has 2 aliphatic rings. The van der Waals surface area contributed by atoms with Gasteiger partial charge >= 0.3 is 6.03 Å². The monoisotopic (exact) mass is 290 g/mol. The molecule has 0 radical (unpaired) electrons. The van der Waals surface area contributed by atoms with Crippen LogP contribution in [-0.2, 0) is 9.59 Å². The number of nitrogens with zero attached hydrogens (tertiary/aromatic N) is 2. The summed E-state index contributed by atoms with van der Waals surface area (Å²) in [7, 11) is 0. The highest BCUT2D eigenvalue weighted by Gasteiger charge is 2.54. The van der Waals surface area contributed by atoms with Gasteiger partial charge < -0.3 is 0 Å². The van der Waals surface area contributed by atoms with Crippen molar-refractivity contribution in [3.05, 3.63) is 11.4 Å². The van der Waals surface area contributed by atoms with Gasteiger partial charge in [0.1, 0.15) is 5.41 Å². The molecule has 2 heterocycles. The minimum Gasteiger partial charge on any atom is -0.280 e. The quantitative estimate of drug-likeness (QED) is 0.767. The lowest BCUT2D eigenvalue weighted by Crippen LogP contribution is -2.64. The maximum absolute atomic E-state index is 12.9. The Balaban J connectivity index is 2.07. The number of imide groups is 2. The Morgan fingerprint density at radius 1 is 1.10 bits per heavy atom. The number of aromatic nitrogens is 2. The van der Waals surface area contributed by atoms with E-state index in [2.05, 4.69) is 15.5 Å². The molecule has 0 atom stereocenters. The molecule has 2 fully saturated rings. The summed E-state index contributed by atoms with van der Waals surface area (Å²) in [6, 6.07) is -0.686. The van der Waals surface area contributed by atoms with E-state index in [1.54, 1.807) is 13.8 Å². The van der Waals surface area contributed by atoms with Crippen LogP contribution >= 0.6 is 0 Å². The van der Waals surface area contributed by atoms with E-state index in [4.69, 9.17) is 0 Å². The maximum atomic E-state index is 12.9. The number of aromatic amines is 1. The Labute approximate surface area is 122 Å². The van der Waals surface area contributed by atoms with Gasteiger partial charge in [0, 0.05) is 0 Å². The molecule has 7 heteroatoms. The number of barbiturate groups is 1. The first-order chi connectivity index (χ1) is 9.97. The minimum atomic E-state index is -1.09. The number of carbonyl (C=O) groups excluding carboxylic acids is 3. The summed E-state index contributed by atoms with van der Waals surface area (Å²) >= 11 is 0. The number of hydrogen-bond acceptors (Lipinski definition) is 4. The van der Waals surface area contributed by atoms with Gasteiger partial charge in [-0.2, -0.15) is 5.10 Å². The van der Waals surface area contributed by atoms with Crippen LogP contribution < -0.4 is 10.2 Å². The molecule has 1 aromatic heterocycles. The topological polar surface area (TPSA) is 95.2 Å². The molecular weight excluding hydrogens is 272 g/mol. The SMILES string of the molecule is Cc1n[nH]c(C)c1N1C(=O)NC(=O)C2(CCCCC2)C1=O. The van der Waals surface area contributed by atoms with Crippen LogP contribution in [0.1, 0.15) is 43.5 Å². The van der Waals surface area contributed by atoms with E-state index < -0.39 is 23.3 Å². The van der Waals surface area contributed by atoms with Crippen molar-refractivity contribution in [2.75, 3.05) is 4.90 Å². The van der Waals surface area contributed by atoms with Gasteiger partial charge in [0.25, 0.3) is 5.91 Å². The normalized spacial score (nSPS) is 21.8. The van der Waals surface area contributed by atoms with Gasteiger partial charge in [-0.15, -0.1) is 0 Å². The first-order valence-electron chi connectivity index (χ1n) is 7.19. The predicted octanol–water partition coefficient (Wildman–Crippen LogP) is 1.56. The van der Waals surface area contributed by atoms with E-state index in [-0.39, 0.29) is 0 Å². The molecule has 1 saturated heterocycles. The van der Waals surface area contributed by atoms with Crippen molar-refractivity contribution in [1.82, 2.24) is 15.5 Å². The fraction of sp³-hybridized carbons (Fsp3) is 0.571. The molecule has 7 nitrogen and oxygen atoms in total. The Morgan fingerprint density at radius 2 is 1.76 bits per heavy atom. The van der Waals surface area contributed by atoms with Crippen LogP contribution in [0, 0.1) is 19.3 Å². The molecule has 0 unspecified atom stereocenters. The zero-order valence-electron chi connectivity index (χ0n) is 12.2. The Kier molecular flexibility index (Phi) is 3.07. The van der Waals surface area contributed by atoms with Gasteiger partial charge in [0.05, 0.1) is 17.1 Å². The molecule has 4 amide bonds. The third kappa shape index (κ3) is 1.87. The number of aryl methyl sites for hydroxylation is 2. The van der Waals surface area contributed by atoms with Crippen molar-refractivity contribution in [2.24, 2.45) is 5.41 Å². The average molecular weight is 290 g/mol. The van der Waals surface area contributed by atoms with Gasteiger partial charge in [-0.3, -0.25) is 20.0 Å². The van der Waals surface area contributed by atoms with Crippen LogP contribution in [0.2, 0.25) is 0 Å². The lowest BCUT2D eigenvalue weighted by molar-refractivity contribution is -0.144. The van der Waals surface area contributed by atoms with Crippen molar-refractivity contribution < 1.29 is 14.4 Å². The number of hydrogen-bond donors (Lipinski definition) is 2. The molecule has 1 aliphatic carbocycles. The van der Waals surface area contributed by atoms with E-state index in [0.29, 0.717) is 29.9 Å². The fourth-order valence-corrected chi connectivity index (χ4v) is 3.35. The standard InChI is InChI=1S/C14H18N4O3/c1-8-10(9(2)17-16-8)18-12(20)14(6-4-3-5-7-14)11(19)15-13(18)21/h3-7H2,1-2H3,(H,16,17)(H,15,19,21). The average Bonchev–Trinajstić information content (AvgIpc) is 2.79. The van der Waals surface area contributed by atoms with E-state index >= 15 is 0 Å². The van der Waals surface area contributed by atoms with E-state index in [0.717, 1.165) is 24.2 Å². The molecule has 1 aromatic rings.